The van der Waals surface area contributed by atoms with E-state index in [-0.39, 0.29) is 23.1 Å². The Labute approximate surface area is 159 Å². The van der Waals surface area contributed by atoms with E-state index >= 15 is 0 Å². The summed E-state index contributed by atoms with van der Waals surface area (Å²) in [7, 11) is 0. The molecule has 0 unspecified atom stereocenters. The van der Waals surface area contributed by atoms with Gasteiger partial charge in [0.1, 0.15) is 0 Å². The van der Waals surface area contributed by atoms with Crippen molar-refractivity contribution in [1.29, 1.82) is 0 Å². The molecule has 1 aromatic heterocycles. The van der Waals surface area contributed by atoms with Gasteiger partial charge in [0.25, 0.3) is 5.91 Å². The van der Waals surface area contributed by atoms with E-state index in [1.807, 2.05) is 40.6 Å². The molecule has 1 N–H and O–H groups in total. The number of nitrogens with zero attached hydrogens (tertiary/aromatic N) is 1. The zero-order valence-electron chi connectivity index (χ0n) is 15.6. The zero-order chi connectivity index (χ0) is 18.7. The second-order valence-electron chi connectivity index (χ2n) is 7.85. The zero-order valence-corrected chi connectivity index (χ0v) is 16.4. The molecular weight excluding hydrogens is 344 g/mol. The van der Waals surface area contributed by atoms with E-state index < -0.39 is 0 Å². The first-order valence-corrected chi connectivity index (χ1v) is 9.97. The highest BCUT2D eigenvalue weighted by Gasteiger charge is 2.30. The highest BCUT2D eigenvalue weighted by atomic mass is 32.1. The van der Waals surface area contributed by atoms with Crippen molar-refractivity contribution >= 4 is 28.8 Å². The van der Waals surface area contributed by atoms with Gasteiger partial charge in [-0.2, -0.15) is 0 Å². The molecule has 2 heterocycles. The minimum atomic E-state index is -0.166. The summed E-state index contributed by atoms with van der Waals surface area (Å²) in [5.74, 6) is -0.126. The first-order valence-electron chi connectivity index (χ1n) is 9.09. The highest BCUT2D eigenvalue weighted by molar-refractivity contribution is 7.12. The second-order valence-corrected chi connectivity index (χ2v) is 8.80. The van der Waals surface area contributed by atoms with E-state index in [2.05, 4.69) is 32.2 Å². The molecule has 0 spiro atoms. The van der Waals surface area contributed by atoms with Gasteiger partial charge in [-0.25, -0.2) is 0 Å². The fourth-order valence-corrected chi connectivity index (χ4v) is 4.10. The standard InChI is InChI=1S/C21H26N2O2S/c1-21(2,3)16-9-4-5-10-17(16)22-19(24)15-8-6-12-23(14-15)20(25)18-11-7-13-26-18/h4-5,7,9-11,13,15H,6,8,12,14H2,1-3H3,(H,22,24)/t15-/m1/s1. The molecule has 0 saturated carbocycles. The van der Waals surface area contributed by atoms with E-state index in [4.69, 9.17) is 0 Å². The molecule has 3 rings (SSSR count). The number of likely N-dealkylation sites (tertiary alicyclic amines) is 1. The van der Waals surface area contributed by atoms with Crippen LogP contribution in [0.2, 0.25) is 0 Å². The molecule has 2 amide bonds. The molecule has 26 heavy (non-hydrogen) atoms. The monoisotopic (exact) mass is 370 g/mol. The molecule has 1 fully saturated rings. The number of nitrogens with one attached hydrogen (secondary N) is 1. The van der Waals surface area contributed by atoms with Crippen LogP contribution in [-0.4, -0.2) is 29.8 Å². The number of rotatable bonds is 3. The number of hydrogen-bond donors (Lipinski definition) is 1. The number of carbonyl (C=O) groups excluding carboxylic acids is 2. The Morgan fingerprint density at radius 3 is 2.62 bits per heavy atom. The van der Waals surface area contributed by atoms with Crippen LogP contribution < -0.4 is 5.32 Å². The van der Waals surface area contributed by atoms with Gasteiger partial charge in [0.2, 0.25) is 5.91 Å². The van der Waals surface area contributed by atoms with Crippen LogP contribution in [0.4, 0.5) is 5.69 Å². The summed E-state index contributed by atoms with van der Waals surface area (Å²) in [5, 5.41) is 5.01. The van der Waals surface area contributed by atoms with Crippen LogP contribution in [-0.2, 0) is 10.2 Å². The van der Waals surface area contributed by atoms with Gasteiger partial charge >= 0.3 is 0 Å². The normalized spacial score (nSPS) is 17.8. The molecule has 1 saturated heterocycles. The van der Waals surface area contributed by atoms with Crippen LogP contribution in [0, 0.1) is 5.92 Å². The van der Waals surface area contributed by atoms with Gasteiger partial charge in [0, 0.05) is 18.8 Å². The second kappa shape index (κ2) is 7.62. The van der Waals surface area contributed by atoms with E-state index in [1.165, 1.54) is 11.3 Å². The quantitative estimate of drug-likeness (QED) is 0.862. The lowest BCUT2D eigenvalue weighted by molar-refractivity contribution is -0.121. The molecule has 0 aliphatic carbocycles. The van der Waals surface area contributed by atoms with Crippen LogP contribution in [0.3, 0.4) is 0 Å². The summed E-state index contributed by atoms with van der Waals surface area (Å²) < 4.78 is 0. The Bertz CT molecular complexity index is 778. The minimum absolute atomic E-state index is 0.00498. The smallest absolute Gasteiger partial charge is 0.263 e. The average molecular weight is 371 g/mol. The number of carbonyl (C=O) groups is 2. The van der Waals surface area contributed by atoms with Gasteiger partial charge in [-0.3, -0.25) is 9.59 Å². The molecular formula is C21H26N2O2S. The summed E-state index contributed by atoms with van der Waals surface area (Å²) in [6.07, 6.45) is 1.67. The number of benzene rings is 1. The SMILES string of the molecule is CC(C)(C)c1ccccc1NC(=O)[C@@H]1CCCN(C(=O)c2cccs2)C1. The number of piperidine rings is 1. The maximum atomic E-state index is 12.9. The summed E-state index contributed by atoms with van der Waals surface area (Å²) in [4.78, 5) is 28.0. The lowest BCUT2D eigenvalue weighted by atomic mass is 9.85. The fourth-order valence-electron chi connectivity index (χ4n) is 3.41. The van der Waals surface area contributed by atoms with Gasteiger partial charge in [-0.1, -0.05) is 45.0 Å². The lowest BCUT2D eigenvalue weighted by Crippen LogP contribution is -2.43. The van der Waals surface area contributed by atoms with Crippen LogP contribution in [0.5, 0.6) is 0 Å². The van der Waals surface area contributed by atoms with Crippen molar-refractivity contribution in [3.63, 3.8) is 0 Å². The van der Waals surface area contributed by atoms with Crippen molar-refractivity contribution in [1.82, 2.24) is 4.90 Å². The predicted molar refractivity (Wildman–Crippen MR) is 107 cm³/mol. The Balaban J connectivity index is 1.70. The Morgan fingerprint density at radius 2 is 1.92 bits per heavy atom. The summed E-state index contributed by atoms with van der Waals surface area (Å²) in [5.41, 5.74) is 1.94. The number of anilines is 1. The maximum absolute atomic E-state index is 12.9. The number of amides is 2. The van der Waals surface area contributed by atoms with Crippen molar-refractivity contribution in [2.24, 2.45) is 5.92 Å². The Hall–Kier alpha value is -2.14. The van der Waals surface area contributed by atoms with Gasteiger partial charge in [0.05, 0.1) is 10.8 Å². The topological polar surface area (TPSA) is 49.4 Å². The first-order chi connectivity index (χ1) is 12.4. The molecule has 5 heteroatoms. The molecule has 1 atom stereocenters. The van der Waals surface area contributed by atoms with Crippen molar-refractivity contribution < 1.29 is 9.59 Å². The van der Waals surface area contributed by atoms with Crippen LogP contribution in [0.1, 0.15) is 48.8 Å². The van der Waals surface area contributed by atoms with Crippen molar-refractivity contribution in [3.8, 4) is 0 Å². The first kappa shape index (κ1) is 18.6. The van der Waals surface area contributed by atoms with Gasteiger partial charge in [-0.05, 0) is 41.3 Å². The Morgan fingerprint density at radius 1 is 1.15 bits per heavy atom. The van der Waals surface area contributed by atoms with Crippen LogP contribution in [0.25, 0.3) is 0 Å². The van der Waals surface area contributed by atoms with Crippen LogP contribution in [0.15, 0.2) is 41.8 Å². The third kappa shape index (κ3) is 4.15. The largest absolute Gasteiger partial charge is 0.337 e. The number of hydrogen-bond acceptors (Lipinski definition) is 3. The number of thiophene rings is 1. The fraction of sp³-hybridized carbons (Fsp3) is 0.429. The van der Waals surface area contributed by atoms with Gasteiger partial charge < -0.3 is 10.2 Å². The molecule has 4 nitrogen and oxygen atoms in total. The molecule has 0 bridgehead atoms. The van der Waals surface area contributed by atoms with Crippen molar-refractivity contribution in [2.75, 3.05) is 18.4 Å². The lowest BCUT2D eigenvalue weighted by Gasteiger charge is -2.32. The van der Waals surface area contributed by atoms with Crippen LogP contribution >= 0.6 is 11.3 Å². The molecule has 1 aliphatic rings. The highest BCUT2D eigenvalue weighted by Crippen LogP contribution is 2.30. The average Bonchev–Trinajstić information content (AvgIpc) is 3.15. The minimum Gasteiger partial charge on any atom is -0.337 e. The molecule has 138 valence electrons. The molecule has 1 aromatic carbocycles. The summed E-state index contributed by atoms with van der Waals surface area (Å²) in [6.45, 7) is 7.62. The van der Waals surface area contributed by atoms with Gasteiger partial charge in [-0.15, -0.1) is 11.3 Å². The third-order valence-corrected chi connectivity index (χ3v) is 5.66. The summed E-state index contributed by atoms with van der Waals surface area (Å²) >= 11 is 1.45. The van der Waals surface area contributed by atoms with Crippen molar-refractivity contribution in [3.05, 3.63) is 52.2 Å². The van der Waals surface area contributed by atoms with E-state index in [0.29, 0.717) is 6.54 Å². The molecule has 1 aliphatic heterocycles. The van der Waals surface area contributed by atoms with E-state index in [1.54, 1.807) is 0 Å². The number of para-hydroxylation sites is 1. The van der Waals surface area contributed by atoms with Gasteiger partial charge in [0.15, 0.2) is 0 Å². The maximum Gasteiger partial charge on any atom is 0.263 e. The third-order valence-electron chi connectivity index (χ3n) is 4.80. The molecule has 2 aromatic rings. The molecule has 0 radical (unpaired) electrons. The van der Waals surface area contributed by atoms with E-state index in [9.17, 15) is 9.59 Å². The summed E-state index contributed by atoms with van der Waals surface area (Å²) in [6, 6.07) is 11.7. The van der Waals surface area contributed by atoms with E-state index in [0.717, 1.165) is 35.5 Å². The Kier molecular flexibility index (Phi) is 5.47. The van der Waals surface area contributed by atoms with Crippen molar-refractivity contribution in [2.45, 2.75) is 39.0 Å². The predicted octanol–water partition coefficient (Wildman–Crippen LogP) is 4.54.